The Morgan fingerprint density at radius 1 is 1.56 bits per heavy atom. The molecule has 16 heavy (non-hydrogen) atoms. The lowest BCUT2D eigenvalue weighted by Gasteiger charge is -2.28. The van der Waals surface area contributed by atoms with Crippen LogP contribution < -0.4 is 11.4 Å². The molecule has 1 aromatic rings. The molecular formula is C10H20N4OS. The molecular weight excluding hydrogens is 224 g/mol. The maximum Gasteiger partial charge on any atom is 0.343 e. The van der Waals surface area contributed by atoms with E-state index in [2.05, 4.69) is 31.0 Å². The zero-order valence-corrected chi connectivity index (χ0v) is 11.1. The minimum Gasteiger partial charge on any atom is -0.329 e. The highest BCUT2D eigenvalue weighted by molar-refractivity contribution is 7.99. The highest BCUT2D eigenvalue weighted by Crippen LogP contribution is 2.33. The molecule has 1 heterocycles. The monoisotopic (exact) mass is 244 g/mol. The second-order valence-corrected chi connectivity index (χ2v) is 5.93. The Kier molecular flexibility index (Phi) is 4.21. The molecule has 0 radical (unpaired) electrons. The fraction of sp³-hybridized carbons (Fsp3) is 0.800. The van der Waals surface area contributed by atoms with Gasteiger partial charge in [-0.05, 0) is 12.3 Å². The molecule has 0 bridgehead atoms. The van der Waals surface area contributed by atoms with Crippen LogP contribution in [0.3, 0.4) is 0 Å². The van der Waals surface area contributed by atoms with Crippen LogP contribution in [0, 0.1) is 5.41 Å². The van der Waals surface area contributed by atoms with Gasteiger partial charge in [-0.1, -0.05) is 32.5 Å². The molecule has 0 aliphatic carbocycles. The lowest BCUT2D eigenvalue weighted by molar-refractivity contribution is 0.397. The van der Waals surface area contributed by atoms with Gasteiger partial charge in [0.05, 0.1) is 0 Å². The summed E-state index contributed by atoms with van der Waals surface area (Å²) in [7, 11) is 0. The van der Waals surface area contributed by atoms with E-state index in [1.165, 1.54) is 0 Å². The Hall–Kier alpha value is -0.750. The Morgan fingerprint density at radius 3 is 2.62 bits per heavy atom. The number of nitrogens with two attached hydrogens (primary N) is 1. The third-order valence-electron chi connectivity index (χ3n) is 2.47. The van der Waals surface area contributed by atoms with Gasteiger partial charge < -0.3 is 5.73 Å². The topological polar surface area (TPSA) is 76.7 Å². The van der Waals surface area contributed by atoms with Crippen LogP contribution in [0.2, 0.25) is 0 Å². The van der Waals surface area contributed by atoms with Crippen LogP contribution in [0.15, 0.2) is 9.95 Å². The van der Waals surface area contributed by atoms with Crippen molar-refractivity contribution in [3.63, 3.8) is 0 Å². The predicted molar refractivity (Wildman–Crippen MR) is 66.7 cm³/mol. The van der Waals surface area contributed by atoms with Crippen molar-refractivity contribution in [2.75, 3.05) is 6.54 Å². The number of rotatable bonds is 4. The molecule has 5 nitrogen and oxygen atoms in total. The molecule has 0 aromatic carbocycles. The maximum atomic E-state index is 11.4. The quantitative estimate of drug-likeness (QED) is 0.776. The highest BCUT2D eigenvalue weighted by atomic mass is 32.2. The van der Waals surface area contributed by atoms with E-state index in [1.807, 2.05) is 6.92 Å². The van der Waals surface area contributed by atoms with E-state index >= 15 is 0 Å². The summed E-state index contributed by atoms with van der Waals surface area (Å²) in [6.45, 7) is 9.53. The Labute approximate surface area is 99.8 Å². The van der Waals surface area contributed by atoms with Gasteiger partial charge in [-0.3, -0.25) is 4.57 Å². The molecule has 0 spiro atoms. The van der Waals surface area contributed by atoms with Crippen molar-refractivity contribution in [1.82, 2.24) is 14.8 Å². The molecule has 1 rings (SSSR count). The fourth-order valence-corrected chi connectivity index (χ4v) is 2.52. The summed E-state index contributed by atoms with van der Waals surface area (Å²) in [6.07, 6.45) is 0. The Morgan fingerprint density at radius 2 is 2.19 bits per heavy atom. The van der Waals surface area contributed by atoms with Crippen LogP contribution in [0.5, 0.6) is 0 Å². The van der Waals surface area contributed by atoms with Crippen molar-refractivity contribution in [3.8, 4) is 0 Å². The molecule has 6 heteroatoms. The van der Waals surface area contributed by atoms with Gasteiger partial charge in [-0.15, -0.1) is 5.10 Å². The first-order chi connectivity index (χ1) is 7.40. The zero-order chi connectivity index (χ0) is 12.3. The fourth-order valence-electron chi connectivity index (χ4n) is 1.38. The van der Waals surface area contributed by atoms with Crippen LogP contribution in [0.1, 0.15) is 27.7 Å². The Balaban J connectivity index is 2.90. The molecule has 92 valence electrons. The van der Waals surface area contributed by atoms with Crippen molar-refractivity contribution < 1.29 is 0 Å². The van der Waals surface area contributed by atoms with Crippen molar-refractivity contribution >= 4 is 11.8 Å². The number of hydrogen-bond donors (Lipinski definition) is 2. The number of H-pyrrole nitrogens is 1. The number of nitrogens with zero attached hydrogens (tertiary/aromatic N) is 2. The van der Waals surface area contributed by atoms with Crippen LogP contribution in [0.4, 0.5) is 0 Å². The van der Waals surface area contributed by atoms with Gasteiger partial charge in [0.2, 0.25) is 0 Å². The molecule has 1 unspecified atom stereocenters. The van der Waals surface area contributed by atoms with Gasteiger partial charge in [0.25, 0.3) is 0 Å². The molecule has 0 amide bonds. The number of hydrogen-bond acceptors (Lipinski definition) is 4. The molecule has 0 aliphatic rings. The first-order valence-corrected chi connectivity index (χ1v) is 6.30. The molecule has 1 aromatic heterocycles. The lowest BCUT2D eigenvalue weighted by atomic mass is 9.92. The summed E-state index contributed by atoms with van der Waals surface area (Å²) >= 11 is 1.56. The average Bonchev–Trinajstić information content (AvgIpc) is 2.53. The van der Waals surface area contributed by atoms with Crippen LogP contribution >= 0.6 is 11.8 Å². The molecule has 0 aliphatic heterocycles. The summed E-state index contributed by atoms with van der Waals surface area (Å²) in [5.41, 5.74) is 5.69. The second kappa shape index (κ2) is 5.05. The van der Waals surface area contributed by atoms with Crippen LogP contribution in [-0.2, 0) is 6.54 Å². The van der Waals surface area contributed by atoms with Gasteiger partial charge in [0, 0.05) is 18.3 Å². The highest BCUT2D eigenvalue weighted by Gasteiger charge is 2.26. The van der Waals surface area contributed by atoms with Gasteiger partial charge in [0.15, 0.2) is 5.16 Å². The average molecular weight is 244 g/mol. The van der Waals surface area contributed by atoms with Gasteiger partial charge in [-0.25, -0.2) is 9.89 Å². The van der Waals surface area contributed by atoms with Crippen LogP contribution in [0.25, 0.3) is 0 Å². The van der Waals surface area contributed by atoms with Gasteiger partial charge >= 0.3 is 5.69 Å². The number of aromatic nitrogens is 3. The number of thioether (sulfide) groups is 1. The van der Waals surface area contributed by atoms with E-state index in [4.69, 9.17) is 5.73 Å². The molecule has 0 saturated carbocycles. The van der Waals surface area contributed by atoms with Crippen molar-refractivity contribution in [1.29, 1.82) is 0 Å². The summed E-state index contributed by atoms with van der Waals surface area (Å²) < 4.78 is 1.62. The molecule has 0 fully saturated rings. The molecule has 1 atom stereocenters. The molecule has 0 saturated heterocycles. The third kappa shape index (κ3) is 2.89. The summed E-state index contributed by atoms with van der Waals surface area (Å²) in [5.74, 6) is 0. The number of nitrogens with one attached hydrogen (secondary N) is 1. The summed E-state index contributed by atoms with van der Waals surface area (Å²) in [4.78, 5) is 11.4. The minimum absolute atomic E-state index is 0.0903. The first kappa shape index (κ1) is 13.3. The third-order valence-corrected chi connectivity index (χ3v) is 4.17. The summed E-state index contributed by atoms with van der Waals surface area (Å²) in [6, 6.07) is 0. The lowest BCUT2D eigenvalue weighted by Crippen LogP contribution is -2.31. The minimum atomic E-state index is -0.158. The van der Waals surface area contributed by atoms with Crippen molar-refractivity contribution in [2.45, 2.75) is 44.6 Å². The predicted octanol–water partition coefficient (Wildman–Crippen LogP) is 1.06. The van der Waals surface area contributed by atoms with Crippen LogP contribution in [-0.4, -0.2) is 26.6 Å². The van der Waals surface area contributed by atoms with E-state index in [9.17, 15) is 4.79 Å². The zero-order valence-electron chi connectivity index (χ0n) is 10.3. The second-order valence-electron chi connectivity index (χ2n) is 4.76. The van der Waals surface area contributed by atoms with Gasteiger partial charge in [-0.2, -0.15) is 0 Å². The van der Waals surface area contributed by atoms with Gasteiger partial charge in [0.1, 0.15) is 0 Å². The van der Waals surface area contributed by atoms with E-state index < -0.39 is 0 Å². The summed E-state index contributed by atoms with van der Waals surface area (Å²) in [5, 5.41) is 7.45. The van der Waals surface area contributed by atoms with E-state index in [0.29, 0.717) is 13.1 Å². The largest absolute Gasteiger partial charge is 0.343 e. The smallest absolute Gasteiger partial charge is 0.329 e. The van der Waals surface area contributed by atoms with E-state index in [1.54, 1.807) is 16.3 Å². The Bertz CT molecular complexity index is 390. The normalized spacial score (nSPS) is 14.1. The van der Waals surface area contributed by atoms with Crippen molar-refractivity contribution in [3.05, 3.63) is 10.5 Å². The van der Waals surface area contributed by atoms with E-state index in [-0.39, 0.29) is 16.4 Å². The molecule has 3 N–H and O–H groups in total. The van der Waals surface area contributed by atoms with E-state index in [0.717, 1.165) is 5.16 Å². The SMILES string of the molecule is CCn1c(SC(CN)C(C)(C)C)n[nH]c1=O. The maximum absolute atomic E-state index is 11.4. The standard InChI is InChI=1S/C10H20N4OS/c1-5-14-8(15)12-13-9(14)16-7(6-11)10(2,3)4/h7H,5-6,11H2,1-4H3,(H,12,15). The number of aromatic amines is 1. The first-order valence-electron chi connectivity index (χ1n) is 5.42. The van der Waals surface area contributed by atoms with Crippen molar-refractivity contribution in [2.24, 2.45) is 11.1 Å².